The lowest BCUT2D eigenvalue weighted by Crippen LogP contribution is -2.21. The number of hydrogen-bond donors (Lipinski definition) is 1. The number of thiol groups is 1. The second kappa shape index (κ2) is 6.02. The first-order valence-corrected chi connectivity index (χ1v) is 4.76. The zero-order valence-corrected chi connectivity index (χ0v) is 10.4. The molecule has 0 aromatic heterocycles. The summed E-state index contributed by atoms with van der Waals surface area (Å²) in [6.45, 7) is 4.90. The van der Waals surface area contributed by atoms with Crippen LogP contribution in [-0.2, 0) is 14.2 Å². The van der Waals surface area contributed by atoms with Gasteiger partial charge in [-0.1, -0.05) is 6.58 Å². The lowest BCUT2D eigenvalue weighted by molar-refractivity contribution is 0.0709. The Bertz CT molecular complexity index is 261. The first-order valence-electron chi connectivity index (χ1n) is 4.31. The molecule has 0 amide bonds. The molecule has 0 N–H and O–H groups in total. The molecule has 0 heterocycles. The maximum absolute atomic E-state index is 13.0. The standard InChI is InChI=1S/C10H17FO3S/c1-7(11)9(13-4)8(12-3)6-10(2,15)14-5/h15H,1,6H2,2-5H3/b9-8-. The maximum Gasteiger partial charge on any atom is 0.191 e. The number of ether oxygens (including phenoxy) is 3. The van der Waals surface area contributed by atoms with E-state index >= 15 is 0 Å². The molecule has 5 heteroatoms. The van der Waals surface area contributed by atoms with Gasteiger partial charge in [-0.3, -0.25) is 0 Å². The van der Waals surface area contributed by atoms with Crippen LogP contribution >= 0.6 is 12.6 Å². The number of hydrogen-bond acceptors (Lipinski definition) is 4. The monoisotopic (exact) mass is 236 g/mol. The van der Waals surface area contributed by atoms with Crippen molar-refractivity contribution in [2.75, 3.05) is 21.3 Å². The van der Waals surface area contributed by atoms with Crippen LogP contribution in [0.2, 0.25) is 0 Å². The van der Waals surface area contributed by atoms with E-state index in [2.05, 4.69) is 19.2 Å². The van der Waals surface area contributed by atoms with Crippen molar-refractivity contribution < 1.29 is 18.6 Å². The lowest BCUT2D eigenvalue weighted by atomic mass is 10.2. The highest BCUT2D eigenvalue weighted by Gasteiger charge is 2.24. The highest BCUT2D eigenvalue weighted by Crippen LogP contribution is 2.28. The van der Waals surface area contributed by atoms with Gasteiger partial charge in [-0.25, -0.2) is 4.39 Å². The third-order valence-electron chi connectivity index (χ3n) is 1.88. The van der Waals surface area contributed by atoms with Crippen LogP contribution in [0.1, 0.15) is 13.3 Å². The Hall–Kier alpha value is -0.680. The van der Waals surface area contributed by atoms with Crippen LogP contribution in [0.5, 0.6) is 0 Å². The Labute approximate surface area is 95.3 Å². The molecular formula is C10H17FO3S. The molecule has 0 aromatic carbocycles. The van der Waals surface area contributed by atoms with Crippen molar-refractivity contribution in [2.45, 2.75) is 18.3 Å². The van der Waals surface area contributed by atoms with Crippen molar-refractivity contribution in [3.63, 3.8) is 0 Å². The average Bonchev–Trinajstić information content (AvgIpc) is 2.16. The Morgan fingerprint density at radius 1 is 1.33 bits per heavy atom. The summed E-state index contributed by atoms with van der Waals surface area (Å²) in [6, 6.07) is 0. The lowest BCUT2D eigenvalue weighted by Gasteiger charge is -2.23. The Morgan fingerprint density at radius 3 is 2.13 bits per heavy atom. The zero-order chi connectivity index (χ0) is 12.1. The van der Waals surface area contributed by atoms with E-state index in [1.54, 1.807) is 6.92 Å². The second-order valence-corrected chi connectivity index (χ2v) is 4.07. The first-order chi connectivity index (χ1) is 6.87. The summed E-state index contributed by atoms with van der Waals surface area (Å²) in [4.78, 5) is -0.745. The van der Waals surface area contributed by atoms with Crippen molar-refractivity contribution in [2.24, 2.45) is 0 Å². The number of methoxy groups -OCH3 is 3. The van der Waals surface area contributed by atoms with Crippen LogP contribution in [0, 0.1) is 0 Å². The molecule has 0 aliphatic carbocycles. The summed E-state index contributed by atoms with van der Waals surface area (Å²) in [5.74, 6) is -0.395. The number of halogens is 1. The molecule has 0 saturated heterocycles. The minimum absolute atomic E-state index is 0.0187. The average molecular weight is 236 g/mol. The SMILES string of the molecule is C=C(F)/C(OC)=C(\CC(C)(S)OC)OC. The molecule has 0 fully saturated rings. The smallest absolute Gasteiger partial charge is 0.191 e. The van der Waals surface area contributed by atoms with Crippen LogP contribution in [0.15, 0.2) is 23.9 Å². The molecule has 0 aromatic rings. The van der Waals surface area contributed by atoms with E-state index in [0.717, 1.165) is 0 Å². The normalized spacial score (nSPS) is 16.4. The number of allylic oxidation sites excluding steroid dienone is 1. The summed E-state index contributed by atoms with van der Waals surface area (Å²) >= 11 is 4.24. The van der Waals surface area contributed by atoms with Gasteiger partial charge in [-0.15, -0.1) is 12.6 Å². The third-order valence-corrected chi connectivity index (χ3v) is 2.22. The van der Waals surface area contributed by atoms with Crippen molar-refractivity contribution in [1.82, 2.24) is 0 Å². The minimum Gasteiger partial charge on any atom is -0.497 e. The van der Waals surface area contributed by atoms with Gasteiger partial charge < -0.3 is 14.2 Å². The Balaban J connectivity index is 4.96. The molecule has 0 aliphatic heterocycles. The zero-order valence-electron chi connectivity index (χ0n) is 9.46. The predicted octanol–water partition coefficient (Wildman–Crippen LogP) is 2.66. The molecule has 0 radical (unpaired) electrons. The fraction of sp³-hybridized carbons (Fsp3) is 0.600. The van der Waals surface area contributed by atoms with E-state index in [0.29, 0.717) is 5.76 Å². The summed E-state index contributed by atoms with van der Waals surface area (Å²) in [5.41, 5.74) is 0. The van der Waals surface area contributed by atoms with Crippen molar-refractivity contribution in [3.8, 4) is 0 Å². The predicted molar refractivity (Wildman–Crippen MR) is 60.3 cm³/mol. The van der Waals surface area contributed by atoms with Gasteiger partial charge in [0.2, 0.25) is 0 Å². The van der Waals surface area contributed by atoms with Crippen LogP contribution in [0.25, 0.3) is 0 Å². The van der Waals surface area contributed by atoms with Crippen molar-refractivity contribution in [3.05, 3.63) is 23.9 Å². The van der Waals surface area contributed by atoms with Gasteiger partial charge in [0.1, 0.15) is 10.7 Å². The minimum atomic E-state index is -0.745. The van der Waals surface area contributed by atoms with E-state index in [-0.39, 0.29) is 12.2 Å². The van der Waals surface area contributed by atoms with Gasteiger partial charge in [0.05, 0.1) is 14.2 Å². The fourth-order valence-corrected chi connectivity index (χ4v) is 1.13. The molecule has 0 saturated carbocycles. The van der Waals surface area contributed by atoms with Crippen LogP contribution in [0.3, 0.4) is 0 Å². The maximum atomic E-state index is 13.0. The van der Waals surface area contributed by atoms with E-state index < -0.39 is 10.8 Å². The number of rotatable bonds is 6. The van der Waals surface area contributed by atoms with E-state index in [1.807, 2.05) is 0 Å². The topological polar surface area (TPSA) is 27.7 Å². The summed E-state index contributed by atoms with van der Waals surface area (Å²) in [5, 5.41) is 0. The van der Waals surface area contributed by atoms with Gasteiger partial charge in [0.15, 0.2) is 11.6 Å². The molecular weight excluding hydrogens is 219 g/mol. The summed E-state index contributed by atoms with van der Waals surface area (Å²) < 4.78 is 27.9. The summed E-state index contributed by atoms with van der Waals surface area (Å²) in [7, 11) is 4.29. The summed E-state index contributed by atoms with van der Waals surface area (Å²) in [6.07, 6.45) is 0.273. The largest absolute Gasteiger partial charge is 0.497 e. The van der Waals surface area contributed by atoms with Crippen LogP contribution in [0.4, 0.5) is 4.39 Å². The molecule has 1 unspecified atom stereocenters. The van der Waals surface area contributed by atoms with E-state index in [4.69, 9.17) is 14.2 Å². The van der Waals surface area contributed by atoms with Gasteiger partial charge in [0, 0.05) is 13.5 Å². The quantitative estimate of drug-likeness (QED) is 0.332. The van der Waals surface area contributed by atoms with Gasteiger partial charge in [0.25, 0.3) is 0 Å². The highest BCUT2D eigenvalue weighted by atomic mass is 32.1. The molecule has 88 valence electrons. The van der Waals surface area contributed by atoms with Gasteiger partial charge in [-0.05, 0) is 6.92 Å². The molecule has 15 heavy (non-hydrogen) atoms. The highest BCUT2D eigenvalue weighted by molar-refractivity contribution is 7.81. The molecule has 0 bridgehead atoms. The molecule has 0 aliphatic rings. The van der Waals surface area contributed by atoms with Crippen LogP contribution < -0.4 is 0 Å². The first kappa shape index (κ1) is 14.3. The molecule has 3 nitrogen and oxygen atoms in total. The van der Waals surface area contributed by atoms with Crippen LogP contribution in [-0.4, -0.2) is 26.3 Å². The Morgan fingerprint density at radius 2 is 1.87 bits per heavy atom. The fourth-order valence-electron chi connectivity index (χ4n) is 0.991. The molecule has 1 atom stereocenters. The van der Waals surface area contributed by atoms with Crippen molar-refractivity contribution >= 4 is 12.6 Å². The van der Waals surface area contributed by atoms with Gasteiger partial charge >= 0.3 is 0 Å². The van der Waals surface area contributed by atoms with Gasteiger partial charge in [-0.2, -0.15) is 0 Å². The second-order valence-electron chi connectivity index (χ2n) is 3.12. The van der Waals surface area contributed by atoms with E-state index in [9.17, 15) is 4.39 Å². The van der Waals surface area contributed by atoms with E-state index in [1.165, 1.54) is 21.3 Å². The molecule has 0 rings (SSSR count). The van der Waals surface area contributed by atoms with Crippen molar-refractivity contribution in [1.29, 1.82) is 0 Å². The molecule has 0 spiro atoms. The third kappa shape index (κ3) is 4.57. The Kier molecular flexibility index (Phi) is 5.75.